The van der Waals surface area contributed by atoms with Gasteiger partial charge in [0, 0.05) is 6.07 Å². The first kappa shape index (κ1) is 6.10. The van der Waals surface area contributed by atoms with Crippen molar-refractivity contribution in [3.8, 4) is 0 Å². The summed E-state index contributed by atoms with van der Waals surface area (Å²) in [5.41, 5.74) is 12.1. The highest BCUT2D eigenvalue weighted by Gasteiger charge is 1.94. The molecule has 1 aromatic heterocycles. The molecular formula is C4H4ClN4. The minimum atomic E-state index is 0.0347. The quantitative estimate of drug-likeness (QED) is 0.541. The molecule has 0 amide bonds. The summed E-state index contributed by atoms with van der Waals surface area (Å²) >= 11 is 5.40. The normalized spacial score (nSPS) is 9.44. The average molecular weight is 144 g/mol. The molecule has 0 aliphatic rings. The van der Waals surface area contributed by atoms with Gasteiger partial charge in [0.25, 0.3) is 0 Å². The molecule has 1 aromatic rings. The largest absolute Gasteiger partial charge is 0.368 e. The molecule has 47 valence electrons. The molecule has 0 aromatic carbocycles. The zero-order chi connectivity index (χ0) is 6.85. The standard InChI is InChI=1S/C4H4ClN4/c5-2-1-3(6)9-4(7)8-2/h1,6H,(H2,7,8,9). The number of nitrogens with two attached hydrogens (primary N) is 1. The number of halogens is 1. The molecule has 0 bridgehead atoms. The lowest BCUT2D eigenvalue weighted by molar-refractivity contribution is 1.16. The van der Waals surface area contributed by atoms with Crippen LogP contribution in [0.4, 0.5) is 11.8 Å². The molecule has 3 N–H and O–H groups in total. The molecule has 0 atom stereocenters. The van der Waals surface area contributed by atoms with E-state index in [0.717, 1.165) is 0 Å². The SMILES string of the molecule is [NH]c1cc(Cl)nc(N)n1. The van der Waals surface area contributed by atoms with Gasteiger partial charge in [-0.2, -0.15) is 4.98 Å². The number of hydrogen-bond donors (Lipinski definition) is 1. The monoisotopic (exact) mass is 143 g/mol. The van der Waals surface area contributed by atoms with Crippen molar-refractivity contribution >= 4 is 23.4 Å². The maximum atomic E-state index is 6.96. The van der Waals surface area contributed by atoms with Gasteiger partial charge >= 0.3 is 0 Å². The first-order valence-electron chi connectivity index (χ1n) is 2.20. The average Bonchev–Trinajstić information content (AvgIpc) is 1.59. The zero-order valence-electron chi connectivity index (χ0n) is 4.43. The fourth-order valence-corrected chi connectivity index (χ4v) is 0.625. The summed E-state index contributed by atoms with van der Waals surface area (Å²) in [6.07, 6.45) is 0. The van der Waals surface area contributed by atoms with E-state index in [1.54, 1.807) is 0 Å². The minimum absolute atomic E-state index is 0.0347. The van der Waals surface area contributed by atoms with E-state index in [2.05, 4.69) is 9.97 Å². The maximum absolute atomic E-state index is 6.96. The molecule has 9 heavy (non-hydrogen) atoms. The number of hydrogen-bond acceptors (Lipinski definition) is 3. The van der Waals surface area contributed by atoms with Crippen LogP contribution in [-0.4, -0.2) is 9.97 Å². The second kappa shape index (κ2) is 2.06. The molecular weight excluding hydrogens is 140 g/mol. The lowest BCUT2D eigenvalue weighted by Gasteiger charge is -1.92. The highest BCUT2D eigenvalue weighted by atomic mass is 35.5. The van der Waals surface area contributed by atoms with Gasteiger partial charge in [0.15, 0.2) is 5.82 Å². The van der Waals surface area contributed by atoms with Gasteiger partial charge in [0.2, 0.25) is 5.95 Å². The summed E-state index contributed by atoms with van der Waals surface area (Å²) in [7, 11) is 0. The first-order chi connectivity index (χ1) is 4.18. The van der Waals surface area contributed by atoms with E-state index in [4.69, 9.17) is 23.1 Å². The van der Waals surface area contributed by atoms with E-state index >= 15 is 0 Å². The van der Waals surface area contributed by atoms with Gasteiger partial charge in [-0.1, -0.05) is 11.6 Å². The van der Waals surface area contributed by atoms with Crippen molar-refractivity contribution in [1.29, 1.82) is 0 Å². The van der Waals surface area contributed by atoms with Crippen LogP contribution in [0.3, 0.4) is 0 Å². The first-order valence-corrected chi connectivity index (χ1v) is 2.58. The number of nitrogens with zero attached hydrogens (tertiary/aromatic N) is 2. The van der Waals surface area contributed by atoms with Crippen molar-refractivity contribution in [2.45, 2.75) is 0 Å². The molecule has 0 aliphatic heterocycles. The molecule has 0 unspecified atom stereocenters. The third kappa shape index (κ3) is 1.43. The highest BCUT2D eigenvalue weighted by molar-refractivity contribution is 6.29. The lowest BCUT2D eigenvalue weighted by Crippen LogP contribution is -1.94. The van der Waals surface area contributed by atoms with Crippen LogP contribution in [0.15, 0.2) is 6.07 Å². The van der Waals surface area contributed by atoms with Gasteiger partial charge < -0.3 is 5.73 Å². The summed E-state index contributed by atoms with van der Waals surface area (Å²) in [4.78, 5) is 7.03. The Kier molecular flexibility index (Phi) is 1.40. The molecule has 0 saturated carbocycles. The number of rotatable bonds is 0. The summed E-state index contributed by atoms with van der Waals surface area (Å²) in [6, 6.07) is 1.32. The highest BCUT2D eigenvalue weighted by Crippen LogP contribution is 2.09. The van der Waals surface area contributed by atoms with Crippen molar-refractivity contribution in [2.24, 2.45) is 0 Å². The van der Waals surface area contributed by atoms with Crippen LogP contribution < -0.4 is 11.5 Å². The Balaban J connectivity index is 3.17. The van der Waals surface area contributed by atoms with Crippen LogP contribution in [0.2, 0.25) is 5.15 Å². The third-order valence-electron chi connectivity index (χ3n) is 0.712. The van der Waals surface area contributed by atoms with Crippen LogP contribution in [0, 0.1) is 0 Å². The summed E-state index contributed by atoms with van der Waals surface area (Å²) in [6.45, 7) is 0. The zero-order valence-corrected chi connectivity index (χ0v) is 5.18. The van der Waals surface area contributed by atoms with Gasteiger partial charge in [-0.3, -0.25) is 5.73 Å². The van der Waals surface area contributed by atoms with Crippen LogP contribution in [0.5, 0.6) is 0 Å². The fraction of sp³-hybridized carbons (Fsp3) is 0. The summed E-state index contributed by atoms with van der Waals surface area (Å²) in [5.74, 6) is 0.0694. The van der Waals surface area contributed by atoms with Gasteiger partial charge in [0.05, 0.1) is 0 Å². The molecule has 0 fully saturated rings. The smallest absolute Gasteiger partial charge is 0.223 e. The van der Waals surface area contributed by atoms with Crippen LogP contribution >= 0.6 is 11.6 Å². The van der Waals surface area contributed by atoms with Gasteiger partial charge in [-0.25, -0.2) is 4.98 Å². The number of nitrogen functional groups attached to an aromatic ring is 1. The van der Waals surface area contributed by atoms with E-state index in [-0.39, 0.29) is 16.9 Å². The van der Waals surface area contributed by atoms with Crippen molar-refractivity contribution < 1.29 is 0 Å². The molecule has 0 spiro atoms. The molecule has 5 heteroatoms. The van der Waals surface area contributed by atoms with Crippen LogP contribution in [0.1, 0.15) is 0 Å². The summed E-state index contributed by atoms with van der Waals surface area (Å²) < 4.78 is 0. The van der Waals surface area contributed by atoms with Crippen molar-refractivity contribution in [2.75, 3.05) is 5.73 Å². The third-order valence-corrected chi connectivity index (χ3v) is 0.906. The second-order valence-corrected chi connectivity index (χ2v) is 1.82. The number of nitrogens with one attached hydrogen (secondary N) is 1. The van der Waals surface area contributed by atoms with Gasteiger partial charge in [0.1, 0.15) is 5.15 Å². The molecule has 1 radical (unpaired) electrons. The van der Waals surface area contributed by atoms with E-state index in [1.807, 2.05) is 0 Å². The van der Waals surface area contributed by atoms with Crippen molar-refractivity contribution in [3.63, 3.8) is 0 Å². The number of aromatic nitrogens is 2. The van der Waals surface area contributed by atoms with Crippen molar-refractivity contribution in [1.82, 2.24) is 15.7 Å². The Morgan fingerprint density at radius 2 is 2.22 bits per heavy atom. The van der Waals surface area contributed by atoms with Crippen LogP contribution in [0.25, 0.3) is 0 Å². The predicted octanol–water partition coefficient (Wildman–Crippen LogP) is 0.627. The molecule has 1 rings (SSSR count). The molecule has 0 saturated heterocycles. The van der Waals surface area contributed by atoms with Gasteiger partial charge in [-0.15, -0.1) is 0 Å². The molecule has 4 nitrogen and oxygen atoms in total. The Morgan fingerprint density at radius 3 is 2.67 bits per heavy atom. The Hall–Kier alpha value is -1.03. The Bertz CT molecular complexity index is 173. The van der Waals surface area contributed by atoms with E-state index < -0.39 is 0 Å². The summed E-state index contributed by atoms with van der Waals surface area (Å²) in [5, 5.41) is 0.201. The van der Waals surface area contributed by atoms with Crippen molar-refractivity contribution in [3.05, 3.63) is 11.2 Å². The fourth-order valence-electron chi connectivity index (χ4n) is 0.435. The number of anilines is 1. The topological polar surface area (TPSA) is 75.6 Å². The van der Waals surface area contributed by atoms with E-state index in [1.165, 1.54) is 6.07 Å². The van der Waals surface area contributed by atoms with Crippen LogP contribution in [-0.2, 0) is 0 Å². The molecule has 0 aliphatic carbocycles. The molecule has 1 heterocycles. The maximum Gasteiger partial charge on any atom is 0.223 e. The van der Waals surface area contributed by atoms with E-state index in [0.29, 0.717) is 0 Å². The second-order valence-electron chi connectivity index (χ2n) is 1.43. The minimum Gasteiger partial charge on any atom is -0.368 e. The predicted molar refractivity (Wildman–Crippen MR) is 34.2 cm³/mol. The van der Waals surface area contributed by atoms with E-state index in [9.17, 15) is 0 Å². The Morgan fingerprint density at radius 1 is 1.56 bits per heavy atom. The lowest BCUT2D eigenvalue weighted by atomic mass is 10.6. The van der Waals surface area contributed by atoms with Gasteiger partial charge in [-0.05, 0) is 0 Å². The Labute approximate surface area is 56.9 Å².